The topological polar surface area (TPSA) is 46.5 Å². The predicted octanol–water partition coefficient (Wildman–Crippen LogP) is 1.02. The van der Waals surface area contributed by atoms with Gasteiger partial charge in [-0.25, -0.2) is 0 Å². The molecule has 1 unspecified atom stereocenters. The van der Waals surface area contributed by atoms with Gasteiger partial charge in [0.25, 0.3) is 0 Å². The van der Waals surface area contributed by atoms with Crippen molar-refractivity contribution in [3.63, 3.8) is 0 Å². The molecule has 0 amide bonds. The monoisotopic (exact) mass is 173 g/mol. The zero-order chi connectivity index (χ0) is 9.78. The molecule has 0 aliphatic carbocycles. The van der Waals surface area contributed by atoms with Crippen LogP contribution in [0.1, 0.15) is 20.8 Å². The smallest absolute Gasteiger partial charge is 0.311 e. The summed E-state index contributed by atoms with van der Waals surface area (Å²) < 4.78 is 4.90. The zero-order valence-electron chi connectivity index (χ0n) is 7.96. The highest BCUT2D eigenvalue weighted by Gasteiger charge is 2.23. The number of ether oxygens (including phenoxy) is 1. The molecule has 0 aliphatic heterocycles. The molecule has 12 heavy (non-hydrogen) atoms. The van der Waals surface area contributed by atoms with Gasteiger partial charge in [-0.2, -0.15) is 0 Å². The Morgan fingerprint density at radius 3 is 2.42 bits per heavy atom. The molecule has 3 nitrogen and oxygen atoms in total. The highest BCUT2D eigenvalue weighted by atomic mass is 16.5. The molecule has 0 aliphatic rings. The van der Waals surface area contributed by atoms with Gasteiger partial charge in [-0.15, -0.1) is 0 Å². The SMILES string of the molecule is [CH2]C(CO)COC(=O)C(C)(C)C. The summed E-state index contributed by atoms with van der Waals surface area (Å²) in [5.41, 5.74) is -0.477. The maximum absolute atomic E-state index is 11.2. The molecule has 0 saturated heterocycles. The highest BCUT2D eigenvalue weighted by molar-refractivity contribution is 5.75. The van der Waals surface area contributed by atoms with E-state index in [1.807, 2.05) is 0 Å². The molecule has 0 saturated carbocycles. The Balaban J connectivity index is 3.73. The average Bonchev–Trinajstić information content (AvgIpc) is 1.97. The third-order valence-electron chi connectivity index (χ3n) is 1.32. The summed E-state index contributed by atoms with van der Waals surface area (Å²) in [5, 5.41) is 8.60. The van der Waals surface area contributed by atoms with E-state index in [9.17, 15) is 4.79 Å². The van der Waals surface area contributed by atoms with Gasteiger partial charge in [0.1, 0.15) is 0 Å². The molecule has 0 bridgehead atoms. The summed E-state index contributed by atoms with van der Waals surface area (Å²) in [5.74, 6) is -0.485. The maximum Gasteiger partial charge on any atom is 0.311 e. The third kappa shape index (κ3) is 4.34. The van der Waals surface area contributed by atoms with Crippen molar-refractivity contribution < 1.29 is 14.6 Å². The number of aliphatic hydroxyl groups is 1. The number of rotatable bonds is 3. The van der Waals surface area contributed by atoms with Crippen molar-refractivity contribution in [1.29, 1.82) is 0 Å². The van der Waals surface area contributed by atoms with Gasteiger partial charge in [0, 0.05) is 12.5 Å². The minimum atomic E-state index is -0.477. The minimum Gasteiger partial charge on any atom is -0.465 e. The van der Waals surface area contributed by atoms with Crippen LogP contribution in [-0.2, 0) is 9.53 Å². The highest BCUT2D eigenvalue weighted by Crippen LogP contribution is 2.15. The lowest BCUT2D eigenvalue weighted by Crippen LogP contribution is -2.25. The number of esters is 1. The van der Waals surface area contributed by atoms with Crippen LogP contribution in [0.5, 0.6) is 0 Å². The van der Waals surface area contributed by atoms with Crippen LogP contribution in [-0.4, -0.2) is 24.3 Å². The zero-order valence-corrected chi connectivity index (χ0v) is 7.96. The van der Waals surface area contributed by atoms with E-state index in [0.717, 1.165) is 0 Å². The Bertz CT molecular complexity index is 146. The quantitative estimate of drug-likeness (QED) is 0.648. The second-order valence-corrected chi connectivity index (χ2v) is 3.90. The van der Waals surface area contributed by atoms with E-state index in [2.05, 4.69) is 6.92 Å². The summed E-state index contributed by atoms with van der Waals surface area (Å²) in [4.78, 5) is 11.2. The summed E-state index contributed by atoms with van der Waals surface area (Å²) >= 11 is 0. The number of carbonyl (C=O) groups is 1. The number of carbonyl (C=O) groups excluding carboxylic acids is 1. The van der Waals surface area contributed by atoms with Gasteiger partial charge >= 0.3 is 5.97 Å². The second-order valence-electron chi connectivity index (χ2n) is 3.90. The van der Waals surface area contributed by atoms with Gasteiger partial charge in [0.2, 0.25) is 0 Å². The van der Waals surface area contributed by atoms with E-state index < -0.39 is 5.41 Å². The summed E-state index contributed by atoms with van der Waals surface area (Å²) in [6.45, 7) is 9.06. The van der Waals surface area contributed by atoms with E-state index in [0.29, 0.717) is 0 Å². The van der Waals surface area contributed by atoms with Gasteiger partial charge in [-0.1, -0.05) is 0 Å². The van der Waals surface area contributed by atoms with Crippen LogP contribution < -0.4 is 0 Å². The van der Waals surface area contributed by atoms with Crippen LogP contribution in [0.2, 0.25) is 0 Å². The van der Waals surface area contributed by atoms with E-state index in [-0.39, 0.29) is 25.1 Å². The third-order valence-corrected chi connectivity index (χ3v) is 1.32. The molecule has 1 N–H and O–H groups in total. The van der Waals surface area contributed by atoms with Crippen LogP contribution >= 0.6 is 0 Å². The van der Waals surface area contributed by atoms with Gasteiger partial charge in [-0.3, -0.25) is 4.79 Å². The number of aliphatic hydroxyl groups excluding tert-OH is 1. The number of hydrogen-bond donors (Lipinski definition) is 1. The molecule has 71 valence electrons. The largest absolute Gasteiger partial charge is 0.465 e. The van der Waals surface area contributed by atoms with Crippen molar-refractivity contribution in [3.8, 4) is 0 Å². The van der Waals surface area contributed by atoms with Crippen LogP contribution in [0.3, 0.4) is 0 Å². The van der Waals surface area contributed by atoms with Gasteiger partial charge in [-0.05, 0) is 27.7 Å². The second kappa shape index (κ2) is 4.45. The average molecular weight is 173 g/mol. The molecule has 1 radical (unpaired) electrons. The Hall–Kier alpha value is -0.570. The van der Waals surface area contributed by atoms with Crippen molar-refractivity contribution in [2.75, 3.05) is 13.2 Å². The molecule has 0 aromatic rings. The van der Waals surface area contributed by atoms with Crippen molar-refractivity contribution in [2.45, 2.75) is 20.8 Å². The van der Waals surface area contributed by atoms with E-state index >= 15 is 0 Å². The first kappa shape index (κ1) is 11.4. The van der Waals surface area contributed by atoms with Gasteiger partial charge in [0.05, 0.1) is 12.0 Å². The van der Waals surface area contributed by atoms with Gasteiger partial charge < -0.3 is 9.84 Å². The van der Waals surface area contributed by atoms with Crippen molar-refractivity contribution in [3.05, 3.63) is 6.92 Å². The summed E-state index contributed by atoms with van der Waals surface area (Å²) in [6, 6.07) is 0. The Kier molecular flexibility index (Phi) is 4.24. The Labute approximate surface area is 73.7 Å². The number of hydrogen-bond acceptors (Lipinski definition) is 3. The minimum absolute atomic E-state index is 0.0581. The lowest BCUT2D eigenvalue weighted by molar-refractivity contribution is -0.154. The van der Waals surface area contributed by atoms with Crippen molar-refractivity contribution in [2.24, 2.45) is 11.3 Å². The molecule has 0 spiro atoms. The Morgan fingerprint density at radius 2 is 2.08 bits per heavy atom. The molecule has 0 aromatic carbocycles. The van der Waals surface area contributed by atoms with E-state index in [1.54, 1.807) is 20.8 Å². The lowest BCUT2D eigenvalue weighted by atomic mass is 9.97. The van der Waals surface area contributed by atoms with Gasteiger partial charge in [0.15, 0.2) is 0 Å². The van der Waals surface area contributed by atoms with Crippen molar-refractivity contribution >= 4 is 5.97 Å². The maximum atomic E-state index is 11.2. The molecule has 1 atom stereocenters. The molecule has 0 fully saturated rings. The summed E-state index contributed by atoms with van der Waals surface area (Å²) in [7, 11) is 0. The molecule has 0 rings (SSSR count). The molecular weight excluding hydrogens is 156 g/mol. The normalized spacial score (nSPS) is 14.1. The first-order valence-electron chi connectivity index (χ1n) is 3.99. The first-order chi connectivity index (χ1) is 5.38. The van der Waals surface area contributed by atoms with Crippen LogP contribution in [0.15, 0.2) is 0 Å². The lowest BCUT2D eigenvalue weighted by Gasteiger charge is -2.17. The fraction of sp³-hybridized carbons (Fsp3) is 0.778. The van der Waals surface area contributed by atoms with Crippen LogP contribution in [0.25, 0.3) is 0 Å². The standard InChI is InChI=1S/C9H17O3/c1-7(5-10)6-12-8(11)9(2,3)4/h7,10H,1,5-6H2,2-4H3. The fourth-order valence-electron chi connectivity index (χ4n) is 0.463. The van der Waals surface area contributed by atoms with Crippen molar-refractivity contribution in [1.82, 2.24) is 0 Å². The first-order valence-corrected chi connectivity index (χ1v) is 3.99. The van der Waals surface area contributed by atoms with Crippen LogP contribution in [0.4, 0.5) is 0 Å². The molecule has 0 heterocycles. The van der Waals surface area contributed by atoms with E-state index in [1.165, 1.54) is 0 Å². The summed E-state index contributed by atoms with van der Waals surface area (Å²) in [6.07, 6.45) is 0. The molecule has 3 heteroatoms. The Morgan fingerprint density at radius 1 is 1.58 bits per heavy atom. The predicted molar refractivity (Wildman–Crippen MR) is 46.3 cm³/mol. The van der Waals surface area contributed by atoms with E-state index in [4.69, 9.17) is 9.84 Å². The molecular formula is C9H17O3. The fourth-order valence-corrected chi connectivity index (χ4v) is 0.463. The van der Waals surface area contributed by atoms with Crippen LogP contribution in [0, 0.1) is 18.3 Å². The molecule has 0 aromatic heterocycles.